The summed E-state index contributed by atoms with van der Waals surface area (Å²) in [6, 6.07) is 10.2. The number of fused-ring (bicyclic) bond motifs is 1. The third-order valence-electron chi connectivity index (χ3n) is 4.70. The molecule has 0 spiro atoms. The maximum atomic E-state index is 13.6. The molecule has 160 valence electrons. The topological polar surface area (TPSA) is 80.5 Å². The van der Waals surface area contributed by atoms with E-state index in [9.17, 15) is 13.6 Å². The van der Waals surface area contributed by atoms with Gasteiger partial charge in [-0.2, -0.15) is 4.98 Å². The molecule has 7 nitrogen and oxygen atoms in total. The van der Waals surface area contributed by atoms with Gasteiger partial charge in [-0.15, -0.1) is 5.10 Å². The highest BCUT2D eigenvalue weighted by Crippen LogP contribution is 2.26. The molecule has 0 aliphatic carbocycles. The van der Waals surface area contributed by atoms with Gasteiger partial charge in [0.15, 0.2) is 5.82 Å². The van der Waals surface area contributed by atoms with Crippen molar-refractivity contribution in [1.29, 1.82) is 0 Å². The summed E-state index contributed by atoms with van der Waals surface area (Å²) in [7, 11) is 1.61. The molecule has 0 radical (unpaired) electrons. The zero-order valence-corrected chi connectivity index (χ0v) is 17.6. The van der Waals surface area contributed by atoms with Crippen LogP contribution in [0.3, 0.4) is 0 Å². The molecule has 0 saturated heterocycles. The van der Waals surface area contributed by atoms with Gasteiger partial charge < -0.3 is 15.4 Å². The Hall–Kier alpha value is -3.53. The summed E-state index contributed by atoms with van der Waals surface area (Å²) in [5, 5.41) is 9.38. The van der Waals surface area contributed by atoms with Crippen LogP contribution in [-0.4, -0.2) is 34.3 Å². The van der Waals surface area contributed by atoms with E-state index in [1.807, 2.05) is 31.2 Å². The molecule has 4 rings (SSSR count). The Morgan fingerprint density at radius 1 is 1.16 bits per heavy atom. The van der Waals surface area contributed by atoms with Crippen LogP contribution < -0.4 is 15.4 Å². The minimum Gasteiger partial charge on any atom is -0.497 e. The highest BCUT2D eigenvalue weighted by atomic mass is 32.1. The standard InChI is InChI=1S/C21H19F2N5O2S/c1-12-17(10-11-24-20(29)25-18-15(22)4-3-5-16(18)23)31-21-26-19(27-28(12)21)13-6-8-14(30-2)9-7-13/h3-9H,10-11H2,1-2H3,(H2,24,25,29). The average Bonchev–Trinajstić information content (AvgIpc) is 3.30. The van der Waals surface area contributed by atoms with Gasteiger partial charge in [-0.1, -0.05) is 17.4 Å². The molecule has 31 heavy (non-hydrogen) atoms. The molecule has 0 atom stereocenters. The summed E-state index contributed by atoms with van der Waals surface area (Å²) < 4.78 is 34.2. The van der Waals surface area contributed by atoms with Crippen LogP contribution in [0, 0.1) is 18.6 Å². The maximum Gasteiger partial charge on any atom is 0.319 e. The van der Waals surface area contributed by atoms with Gasteiger partial charge in [-0.3, -0.25) is 0 Å². The van der Waals surface area contributed by atoms with E-state index in [4.69, 9.17) is 4.74 Å². The first-order chi connectivity index (χ1) is 15.0. The Morgan fingerprint density at radius 3 is 2.52 bits per heavy atom. The zero-order chi connectivity index (χ0) is 22.0. The van der Waals surface area contributed by atoms with Gasteiger partial charge in [0.1, 0.15) is 23.1 Å². The highest BCUT2D eigenvalue weighted by Gasteiger charge is 2.15. The molecular formula is C21H19F2N5O2S. The van der Waals surface area contributed by atoms with Crippen molar-refractivity contribution in [1.82, 2.24) is 19.9 Å². The quantitative estimate of drug-likeness (QED) is 0.462. The lowest BCUT2D eigenvalue weighted by atomic mass is 10.2. The normalized spacial score (nSPS) is 11.0. The van der Waals surface area contributed by atoms with Crippen LogP contribution in [0.15, 0.2) is 42.5 Å². The van der Waals surface area contributed by atoms with Crippen molar-refractivity contribution >= 4 is 28.0 Å². The first kappa shape index (κ1) is 20.7. The van der Waals surface area contributed by atoms with E-state index in [2.05, 4.69) is 20.7 Å². The molecule has 2 heterocycles. The highest BCUT2D eigenvalue weighted by molar-refractivity contribution is 7.17. The number of carbonyl (C=O) groups excluding carboxylic acids is 1. The van der Waals surface area contributed by atoms with Crippen LogP contribution in [0.2, 0.25) is 0 Å². The predicted octanol–water partition coefficient (Wildman–Crippen LogP) is 4.42. The minimum atomic E-state index is -0.829. The van der Waals surface area contributed by atoms with Crippen molar-refractivity contribution in [2.24, 2.45) is 0 Å². The van der Waals surface area contributed by atoms with Crippen molar-refractivity contribution in [3.05, 3.63) is 64.7 Å². The molecule has 0 aliphatic heterocycles. The Kier molecular flexibility index (Phi) is 5.81. The fraction of sp³-hybridized carbons (Fsp3) is 0.190. The number of anilines is 1. The van der Waals surface area contributed by atoms with Gasteiger partial charge >= 0.3 is 6.03 Å². The summed E-state index contributed by atoms with van der Waals surface area (Å²) in [5.74, 6) is -0.279. The maximum absolute atomic E-state index is 13.6. The van der Waals surface area contributed by atoms with Crippen molar-refractivity contribution < 1.29 is 18.3 Å². The third-order valence-corrected chi connectivity index (χ3v) is 5.89. The molecule has 2 aromatic heterocycles. The molecule has 0 unspecified atom stereocenters. The van der Waals surface area contributed by atoms with E-state index in [0.717, 1.165) is 39.0 Å². The molecule has 2 N–H and O–H groups in total. The van der Waals surface area contributed by atoms with Gasteiger partial charge in [0, 0.05) is 23.4 Å². The van der Waals surface area contributed by atoms with Gasteiger partial charge in [-0.25, -0.2) is 18.1 Å². The number of carbonyl (C=O) groups is 1. The summed E-state index contributed by atoms with van der Waals surface area (Å²) in [6.07, 6.45) is 0.534. The average molecular weight is 443 g/mol. The third kappa shape index (κ3) is 4.33. The number of halogens is 2. The number of hydrogen-bond acceptors (Lipinski definition) is 5. The van der Waals surface area contributed by atoms with Gasteiger partial charge in [0.25, 0.3) is 0 Å². The monoisotopic (exact) mass is 443 g/mol. The number of thiazole rings is 1. The lowest BCUT2D eigenvalue weighted by Gasteiger charge is -2.09. The van der Waals surface area contributed by atoms with Crippen molar-refractivity contribution in [3.8, 4) is 17.1 Å². The Morgan fingerprint density at radius 2 is 1.87 bits per heavy atom. The smallest absolute Gasteiger partial charge is 0.319 e. The SMILES string of the molecule is COc1ccc(-c2nc3sc(CCNC(=O)Nc4c(F)cccc4F)c(C)n3n2)cc1. The molecular weight excluding hydrogens is 424 g/mol. The van der Waals surface area contributed by atoms with E-state index in [-0.39, 0.29) is 6.54 Å². The predicted molar refractivity (Wildman–Crippen MR) is 115 cm³/mol. The number of benzene rings is 2. The number of urea groups is 1. The summed E-state index contributed by atoms with van der Waals surface area (Å²) in [6.45, 7) is 2.22. The number of ether oxygens (including phenoxy) is 1. The number of rotatable bonds is 6. The number of aromatic nitrogens is 3. The molecule has 4 aromatic rings. The second-order valence-corrected chi connectivity index (χ2v) is 7.76. The van der Waals surface area contributed by atoms with Crippen LogP contribution in [0.5, 0.6) is 5.75 Å². The number of methoxy groups -OCH3 is 1. The van der Waals surface area contributed by atoms with Crippen LogP contribution in [0.4, 0.5) is 19.3 Å². The van der Waals surface area contributed by atoms with Crippen molar-refractivity contribution in [2.75, 3.05) is 19.0 Å². The second-order valence-electron chi connectivity index (χ2n) is 6.70. The second kappa shape index (κ2) is 8.68. The van der Waals surface area contributed by atoms with Crippen molar-refractivity contribution in [3.63, 3.8) is 0 Å². The van der Waals surface area contributed by atoms with Crippen LogP contribution in [0.25, 0.3) is 16.3 Å². The lowest BCUT2D eigenvalue weighted by Crippen LogP contribution is -2.31. The Balaban J connectivity index is 1.39. The number of aryl methyl sites for hydroxylation is 1. The molecule has 0 aliphatic rings. The van der Waals surface area contributed by atoms with Gasteiger partial charge in [-0.05, 0) is 43.3 Å². The number of amides is 2. The molecule has 2 aromatic carbocycles. The Bertz CT molecular complexity index is 1220. The molecule has 2 amide bonds. The summed E-state index contributed by atoms with van der Waals surface area (Å²) >= 11 is 1.48. The van der Waals surface area contributed by atoms with Crippen molar-refractivity contribution in [2.45, 2.75) is 13.3 Å². The number of hydrogen-bond donors (Lipinski definition) is 2. The fourth-order valence-electron chi connectivity index (χ4n) is 3.04. The number of para-hydroxylation sites is 1. The first-order valence-electron chi connectivity index (χ1n) is 9.44. The van der Waals surface area contributed by atoms with Crippen LogP contribution in [0.1, 0.15) is 10.6 Å². The molecule has 0 saturated carbocycles. The van der Waals surface area contributed by atoms with Crippen LogP contribution in [-0.2, 0) is 6.42 Å². The first-order valence-corrected chi connectivity index (χ1v) is 10.3. The molecule has 0 fully saturated rings. The fourth-order valence-corrected chi connectivity index (χ4v) is 4.10. The zero-order valence-electron chi connectivity index (χ0n) is 16.8. The molecule has 10 heteroatoms. The van der Waals surface area contributed by atoms with E-state index < -0.39 is 23.4 Å². The minimum absolute atomic E-state index is 0.289. The Labute approximate surface area is 180 Å². The van der Waals surface area contributed by atoms with Gasteiger partial charge in [0.05, 0.1) is 12.8 Å². The van der Waals surface area contributed by atoms with E-state index in [1.54, 1.807) is 11.6 Å². The van der Waals surface area contributed by atoms with Gasteiger partial charge in [0.2, 0.25) is 4.96 Å². The summed E-state index contributed by atoms with van der Waals surface area (Å²) in [4.78, 5) is 18.3. The van der Waals surface area contributed by atoms with Crippen LogP contribution >= 0.6 is 11.3 Å². The van der Waals surface area contributed by atoms with E-state index in [0.29, 0.717) is 12.2 Å². The molecule has 0 bridgehead atoms. The number of nitrogens with zero attached hydrogens (tertiary/aromatic N) is 3. The number of nitrogens with one attached hydrogen (secondary N) is 2. The lowest BCUT2D eigenvalue weighted by molar-refractivity contribution is 0.252. The van der Waals surface area contributed by atoms with E-state index in [1.165, 1.54) is 17.4 Å². The largest absolute Gasteiger partial charge is 0.497 e. The summed E-state index contributed by atoms with van der Waals surface area (Å²) in [5.41, 5.74) is 1.34. The van der Waals surface area contributed by atoms with E-state index >= 15 is 0 Å².